The zero-order valence-electron chi connectivity index (χ0n) is 12.4. The van der Waals surface area contributed by atoms with Crippen molar-refractivity contribution in [3.8, 4) is 0 Å². The van der Waals surface area contributed by atoms with Gasteiger partial charge in [0, 0.05) is 24.8 Å². The van der Waals surface area contributed by atoms with Gasteiger partial charge in [-0.1, -0.05) is 18.2 Å². The highest BCUT2D eigenvalue weighted by Gasteiger charge is 2.19. The Labute approximate surface area is 116 Å². The molecule has 106 valence electrons. The minimum atomic E-state index is 0.134. The van der Waals surface area contributed by atoms with Crippen LogP contribution in [0.25, 0.3) is 0 Å². The zero-order valence-corrected chi connectivity index (χ0v) is 12.4. The SMILES string of the molecule is CCN(C(=O)Cc1ccccc1N)C(C)CN(C)C. The third kappa shape index (κ3) is 4.56. The number of carbonyl (C=O) groups excluding carboxylic acids is 1. The van der Waals surface area contributed by atoms with Gasteiger partial charge in [0.2, 0.25) is 5.91 Å². The summed E-state index contributed by atoms with van der Waals surface area (Å²) in [4.78, 5) is 16.4. The van der Waals surface area contributed by atoms with Crippen LogP contribution in [0, 0.1) is 0 Å². The highest BCUT2D eigenvalue weighted by Crippen LogP contribution is 2.13. The number of para-hydroxylation sites is 1. The normalized spacial score (nSPS) is 12.5. The van der Waals surface area contributed by atoms with E-state index >= 15 is 0 Å². The van der Waals surface area contributed by atoms with Gasteiger partial charge < -0.3 is 15.5 Å². The topological polar surface area (TPSA) is 49.6 Å². The lowest BCUT2D eigenvalue weighted by atomic mass is 10.1. The van der Waals surface area contributed by atoms with Crippen molar-refractivity contribution in [2.45, 2.75) is 26.3 Å². The smallest absolute Gasteiger partial charge is 0.227 e. The number of hydrogen-bond donors (Lipinski definition) is 1. The second kappa shape index (κ2) is 7.14. The Balaban J connectivity index is 2.72. The average molecular weight is 263 g/mol. The van der Waals surface area contributed by atoms with Gasteiger partial charge >= 0.3 is 0 Å². The van der Waals surface area contributed by atoms with E-state index in [1.54, 1.807) is 0 Å². The van der Waals surface area contributed by atoms with E-state index in [1.165, 1.54) is 0 Å². The summed E-state index contributed by atoms with van der Waals surface area (Å²) < 4.78 is 0. The van der Waals surface area contributed by atoms with Gasteiger partial charge in [0.05, 0.1) is 6.42 Å². The lowest BCUT2D eigenvalue weighted by Gasteiger charge is -2.30. The number of rotatable bonds is 6. The standard InChI is InChI=1S/C15H25N3O/c1-5-18(12(2)11-17(3)4)15(19)10-13-8-6-7-9-14(13)16/h6-9,12H,5,10-11,16H2,1-4H3. The van der Waals surface area contributed by atoms with Gasteiger partial charge in [-0.15, -0.1) is 0 Å². The van der Waals surface area contributed by atoms with Gasteiger partial charge in [-0.3, -0.25) is 4.79 Å². The first-order valence-electron chi connectivity index (χ1n) is 6.73. The van der Waals surface area contributed by atoms with E-state index in [2.05, 4.69) is 11.8 Å². The molecule has 0 aromatic heterocycles. The molecule has 1 aromatic rings. The highest BCUT2D eigenvalue weighted by molar-refractivity contribution is 5.80. The minimum absolute atomic E-state index is 0.134. The molecule has 4 heteroatoms. The summed E-state index contributed by atoms with van der Waals surface area (Å²) in [5.74, 6) is 0.134. The molecule has 19 heavy (non-hydrogen) atoms. The van der Waals surface area contributed by atoms with Crippen molar-refractivity contribution in [3.63, 3.8) is 0 Å². The Morgan fingerprint density at radius 3 is 2.47 bits per heavy atom. The molecule has 0 aliphatic carbocycles. The number of anilines is 1. The molecule has 0 radical (unpaired) electrons. The lowest BCUT2D eigenvalue weighted by molar-refractivity contribution is -0.132. The van der Waals surface area contributed by atoms with E-state index in [0.717, 1.165) is 18.7 Å². The minimum Gasteiger partial charge on any atom is -0.398 e. The predicted molar refractivity (Wildman–Crippen MR) is 80.0 cm³/mol. The average Bonchev–Trinajstić information content (AvgIpc) is 2.32. The van der Waals surface area contributed by atoms with E-state index in [-0.39, 0.29) is 11.9 Å². The zero-order chi connectivity index (χ0) is 14.4. The van der Waals surface area contributed by atoms with Crippen LogP contribution in [-0.4, -0.2) is 48.9 Å². The van der Waals surface area contributed by atoms with Crippen LogP contribution in [-0.2, 0) is 11.2 Å². The summed E-state index contributed by atoms with van der Waals surface area (Å²) in [6, 6.07) is 7.76. The summed E-state index contributed by atoms with van der Waals surface area (Å²) in [6.45, 7) is 5.68. The van der Waals surface area contributed by atoms with Gasteiger partial charge in [0.1, 0.15) is 0 Å². The number of nitrogens with two attached hydrogens (primary N) is 1. The summed E-state index contributed by atoms with van der Waals surface area (Å²) in [6.07, 6.45) is 0.373. The molecular weight excluding hydrogens is 238 g/mol. The second-order valence-corrected chi connectivity index (χ2v) is 5.17. The van der Waals surface area contributed by atoms with E-state index in [9.17, 15) is 4.79 Å². The molecule has 0 saturated heterocycles. The Hall–Kier alpha value is -1.55. The fraction of sp³-hybridized carbons (Fsp3) is 0.533. The van der Waals surface area contributed by atoms with Gasteiger partial charge in [-0.2, -0.15) is 0 Å². The Kier molecular flexibility index (Phi) is 5.83. The van der Waals surface area contributed by atoms with Crippen molar-refractivity contribution in [2.24, 2.45) is 0 Å². The molecular formula is C15H25N3O. The van der Waals surface area contributed by atoms with Gasteiger partial charge in [-0.05, 0) is 39.6 Å². The summed E-state index contributed by atoms with van der Waals surface area (Å²) in [7, 11) is 4.04. The molecule has 1 unspecified atom stereocenters. The fourth-order valence-corrected chi connectivity index (χ4v) is 2.32. The first kappa shape index (κ1) is 15.5. The van der Waals surface area contributed by atoms with Gasteiger partial charge in [0.25, 0.3) is 0 Å². The molecule has 1 rings (SSSR count). The van der Waals surface area contributed by atoms with Crippen molar-refractivity contribution in [1.29, 1.82) is 0 Å². The van der Waals surface area contributed by atoms with Crippen LogP contribution in [0.3, 0.4) is 0 Å². The van der Waals surface area contributed by atoms with E-state index < -0.39 is 0 Å². The van der Waals surface area contributed by atoms with Crippen molar-refractivity contribution >= 4 is 11.6 Å². The molecule has 2 N–H and O–H groups in total. The number of benzene rings is 1. The number of amides is 1. The van der Waals surface area contributed by atoms with Crippen molar-refractivity contribution in [3.05, 3.63) is 29.8 Å². The summed E-state index contributed by atoms with van der Waals surface area (Å²) in [5.41, 5.74) is 7.48. The van der Waals surface area contributed by atoms with Crippen molar-refractivity contribution in [2.75, 3.05) is 32.9 Å². The summed E-state index contributed by atoms with van der Waals surface area (Å²) >= 11 is 0. The number of nitrogen functional groups attached to an aromatic ring is 1. The molecule has 0 aliphatic rings. The van der Waals surface area contributed by atoms with Crippen LogP contribution in [0.2, 0.25) is 0 Å². The number of carbonyl (C=O) groups is 1. The first-order valence-corrected chi connectivity index (χ1v) is 6.73. The van der Waals surface area contributed by atoms with Gasteiger partial charge in [-0.25, -0.2) is 0 Å². The van der Waals surface area contributed by atoms with Crippen LogP contribution in [0.5, 0.6) is 0 Å². The maximum atomic E-state index is 12.4. The summed E-state index contributed by atoms with van der Waals surface area (Å²) in [5, 5.41) is 0. The first-order chi connectivity index (χ1) is 8.95. The maximum absolute atomic E-state index is 12.4. The Morgan fingerprint density at radius 1 is 1.32 bits per heavy atom. The quantitative estimate of drug-likeness (QED) is 0.793. The molecule has 0 heterocycles. The molecule has 1 aromatic carbocycles. The molecule has 0 fully saturated rings. The Bertz CT molecular complexity index is 418. The van der Waals surface area contributed by atoms with Crippen molar-refractivity contribution in [1.82, 2.24) is 9.80 Å². The molecule has 1 amide bonds. The van der Waals surface area contributed by atoms with Crippen molar-refractivity contribution < 1.29 is 4.79 Å². The highest BCUT2D eigenvalue weighted by atomic mass is 16.2. The lowest BCUT2D eigenvalue weighted by Crippen LogP contribution is -2.44. The van der Waals surface area contributed by atoms with Crippen LogP contribution in [0.1, 0.15) is 19.4 Å². The molecule has 0 spiro atoms. The van der Waals surface area contributed by atoms with E-state index in [0.29, 0.717) is 12.1 Å². The number of hydrogen-bond acceptors (Lipinski definition) is 3. The van der Waals surface area contributed by atoms with Gasteiger partial charge in [0.15, 0.2) is 0 Å². The second-order valence-electron chi connectivity index (χ2n) is 5.17. The van der Waals surface area contributed by atoms with E-state index in [1.807, 2.05) is 50.2 Å². The molecule has 1 atom stereocenters. The van der Waals surface area contributed by atoms with E-state index in [4.69, 9.17) is 5.73 Å². The molecule has 4 nitrogen and oxygen atoms in total. The predicted octanol–water partition coefficient (Wildman–Crippen LogP) is 1.61. The number of nitrogens with zero attached hydrogens (tertiary/aromatic N) is 2. The number of likely N-dealkylation sites (N-methyl/N-ethyl adjacent to an activating group) is 2. The Morgan fingerprint density at radius 2 is 1.95 bits per heavy atom. The maximum Gasteiger partial charge on any atom is 0.227 e. The van der Waals surface area contributed by atoms with Crippen LogP contribution in [0.15, 0.2) is 24.3 Å². The molecule has 0 aliphatic heterocycles. The third-order valence-electron chi connectivity index (χ3n) is 3.22. The fourth-order valence-electron chi connectivity index (χ4n) is 2.32. The van der Waals surface area contributed by atoms with Crippen LogP contribution >= 0.6 is 0 Å². The molecule has 0 saturated carbocycles. The third-order valence-corrected chi connectivity index (χ3v) is 3.22. The largest absolute Gasteiger partial charge is 0.398 e. The van der Waals surface area contributed by atoms with Crippen LogP contribution in [0.4, 0.5) is 5.69 Å². The molecule has 0 bridgehead atoms. The van der Waals surface area contributed by atoms with Crippen LogP contribution < -0.4 is 5.73 Å². The monoisotopic (exact) mass is 263 g/mol.